The topological polar surface area (TPSA) is 86.2 Å². The number of hydrogen-bond donors (Lipinski definition) is 0. The third kappa shape index (κ3) is 4.69. The summed E-state index contributed by atoms with van der Waals surface area (Å²) in [4.78, 5) is 29.5. The Bertz CT molecular complexity index is 1890. The minimum atomic E-state index is -0.363. The fourth-order valence-electron chi connectivity index (χ4n) is 5.02. The molecule has 0 unspecified atom stereocenters. The Morgan fingerprint density at radius 2 is 1.70 bits per heavy atom. The number of nitriles is 1. The summed E-state index contributed by atoms with van der Waals surface area (Å²) < 4.78 is 13.9. The first-order valence-electron chi connectivity index (χ1n) is 13.1. The third-order valence-corrected chi connectivity index (χ3v) is 8.69. The summed E-state index contributed by atoms with van der Waals surface area (Å²) in [6, 6.07) is 24.9. The lowest BCUT2D eigenvalue weighted by Crippen LogP contribution is -2.40. The average Bonchev–Trinajstić information content (AvgIpc) is 3.75. The first-order valence-corrected chi connectivity index (χ1v) is 13.9. The van der Waals surface area contributed by atoms with Gasteiger partial charge in [-0.25, -0.2) is 4.79 Å². The summed E-state index contributed by atoms with van der Waals surface area (Å²) in [5.41, 5.74) is 3.40. The number of methoxy groups -OCH3 is 2. The minimum absolute atomic E-state index is 0.0826. The highest BCUT2D eigenvalue weighted by Crippen LogP contribution is 2.44. The third-order valence-electron chi connectivity index (χ3n) is 7.37. The van der Waals surface area contributed by atoms with Crippen molar-refractivity contribution in [3.05, 3.63) is 115 Å². The second-order valence-corrected chi connectivity index (χ2v) is 11.0. The van der Waals surface area contributed by atoms with Crippen LogP contribution in [0, 0.1) is 11.3 Å². The predicted molar refractivity (Wildman–Crippen MR) is 157 cm³/mol. The largest absolute Gasteiger partial charge is 0.497 e. The molecule has 200 valence electrons. The van der Waals surface area contributed by atoms with Crippen LogP contribution in [0.5, 0.6) is 11.5 Å². The number of rotatable bonds is 8. The van der Waals surface area contributed by atoms with Crippen molar-refractivity contribution in [1.29, 1.82) is 5.26 Å². The molecule has 6 rings (SSSR count). The van der Waals surface area contributed by atoms with Crippen LogP contribution in [0.4, 0.5) is 0 Å². The second-order valence-electron chi connectivity index (χ2n) is 9.93. The highest BCUT2D eigenvalue weighted by atomic mass is 32.1. The fourth-order valence-corrected chi connectivity index (χ4v) is 6.34. The predicted octanol–water partition coefficient (Wildman–Crippen LogP) is 5.75. The van der Waals surface area contributed by atoms with Gasteiger partial charge in [0, 0.05) is 16.5 Å². The standard InChI is InChI=1S/C32H27N3O4S/c1-38-25-14-13-24(28(15-25)39-2)19-34-30(36)27-16-29(22-11-12-22)40-31(27)35(32(34)37)18-20-7-9-21(10-8-20)26-6-4-3-5-23(26)17-33/h3-10,13-16,22H,11-12,18-19H2,1-2H3. The Kier molecular flexibility index (Phi) is 6.74. The molecule has 1 aliphatic rings. The van der Waals surface area contributed by atoms with E-state index in [2.05, 4.69) is 6.07 Å². The molecule has 8 heteroatoms. The Hall–Kier alpha value is -4.61. The molecule has 5 aromatic rings. The highest BCUT2D eigenvalue weighted by Gasteiger charge is 2.27. The molecule has 0 aliphatic heterocycles. The van der Waals surface area contributed by atoms with Crippen molar-refractivity contribution in [2.45, 2.75) is 31.8 Å². The number of nitrogens with zero attached hydrogens (tertiary/aromatic N) is 3. The molecule has 2 heterocycles. The average molecular weight is 550 g/mol. The van der Waals surface area contributed by atoms with Crippen molar-refractivity contribution in [1.82, 2.24) is 9.13 Å². The van der Waals surface area contributed by atoms with E-state index in [9.17, 15) is 14.9 Å². The Balaban J connectivity index is 1.43. The zero-order valence-electron chi connectivity index (χ0n) is 22.2. The normalized spacial score (nSPS) is 12.8. The van der Waals surface area contributed by atoms with E-state index in [1.165, 1.54) is 4.57 Å². The molecule has 0 radical (unpaired) electrons. The van der Waals surface area contributed by atoms with Crippen LogP contribution in [0.1, 0.15) is 40.3 Å². The maximum atomic E-state index is 13.9. The van der Waals surface area contributed by atoms with Gasteiger partial charge in [-0.05, 0) is 59.7 Å². The van der Waals surface area contributed by atoms with Crippen LogP contribution >= 0.6 is 11.3 Å². The van der Waals surface area contributed by atoms with Gasteiger partial charge < -0.3 is 9.47 Å². The summed E-state index contributed by atoms with van der Waals surface area (Å²) in [5.74, 6) is 1.65. The summed E-state index contributed by atoms with van der Waals surface area (Å²) in [5, 5.41) is 10.1. The number of benzene rings is 3. The van der Waals surface area contributed by atoms with Gasteiger partial charge >= 0.3 is 5.69 Å². The van der Waals surface area contributed by atoms with Crippen LogP contribution in [0.2, 0.25) is 0 Å². The number of aromatic nitrogens is 2. The number of hydrogen-bond acceptors (Lipinski definition) is 6. The Morgan fingerprint density at radius 3 is 2.40 bits per heavy atom. The monoisotopic (exact) mass is 549 g/mol. The van der Waals surface area contributed by atoms with E-state index in [0.29, 0.717) is 45.3 Å². The van der Waals surface area contributed by atoms with Crippen molar-refractivity contribution in [2.24, 2.45) is 0 Å². The van der Waals surface area contributed by atoms with Gasteiger partial charge in [0.2, 0.25) is 0 Å². The van der Waals surface area contributed by atoms with E-state index in [0.717, 1.165) is 34.4 Å². The molecule has 0 atom stereocenters. The lowest BCUT2D eigenvalue weighted by Gasteiger charge is -2.15. The summed E-state index contributed by atoms with van der Waals surface area (Å²) in [6.07, 6.45) is 2.22. The summed E-state index contributed by atoms with van der Waals surface area (Å²) in [7, 11) is 3.14. The Labute approximate surface area is 235 Å². The number of ether oxygens (including phenoxy) is 2. The van der Waals surface area contributed by atoms with Crippen LogP contribution < -0.4 is 20.7 Å². The maximum Gasteiger partial charge on any atom is 0.332 e. The smallest absolute Gasteiger partial charge is 0.332 e. The van der Waals surface area contributed by atoms with Crippen molar-refractivity contribution in [3.8, 4) is 28.7 Å². The molecule has 2 aromatic heterocycles. The SMILES string of the molecule is COc1ccc(Cn2c(=O)c3cc(C4CC4)sc3n(Cc3ccc(-c4ccccc4C#N)cc3)c2=O)c(OC)c1. The molecule has 40 heavy (non-hydrogen) atoms. The van der Waals surface area contributed by atoms with Crippen LogP contribution in [0.3, 0.4) is 0 Å². The number of thiophene rings is 1. The van der Waals surface area contributed by atoms with E-state index in [1.54, 1.807) is 48.3 Å². The van der Waals surface area contributed by atoms with E-state index in [4.69, 9.17) is 9.47 Å². The van der Waals surface area contributed by atoms with E-state index in [1.807, 2.05) is 54.6 Å². The van der Waals surface area contributed by atoms with Crippen LogP contribution in [0.15, 0.2) is 82.4 Å². The van der Waals surface area contributed by atoms with Crippen LogP contribution in [0.25, 0.3) is 21.3 Å². The maximum absolute atomic E-state index is 13.9. The van der Waals surface area contributed by atoms with Crippen molar-refractivity contribution in [3.63, 3.8) is 0 Å². The fraction of sp³-hybridized carbons (Fsp3) is 0.219. The molecule has 3 aromatic carbocycles. The molecule has 7 nitrogen and oxygen atoms in total. The molecular weight excluding hydrogens is 522 g/mol. The molecule has 0 saturated heterocycles. The van der Waals surface area contributed by atoms with E-state index >= 15 is 0 Å². The van der Waals surface area contributed by atoms with Crippen molar-refractivity contribution in [2.75, 3.05) is 14.2 Å². The van der Waals surface area contributed by atoms with Crippen LogP contribution in [-0.4, -0.2) is 23.4 Å². The van der Waals surface area contributed by atoms with Gasteiger partial charge in [-0.1, -0.05) is 42.5 Å². The van der Waals surface area contributed by atoms with Gasteiger partial charge in [-0.15, -0.1) is 11.3 Å². The Morgan fingerprint density at radius 1 is 0.925 bits per heavy atom. The van der Waals surface area contributed by atoms with Gasteiger partial charge in [-0.2, -0.15) is 5.26 Å². The van der Waals surface area contributed by atoms with Crippen LogP contribution in [-0.2, 0) is 13.1 Å². The highest BCUT2D eigenvalue weighted by molar-refractivity contribution is 7.18. The zero-order chi connectivity index (χ0) is 27.8. The summed E-state index contributed by atoms with van der Waals surface area (Å²) in [6.45, 7) is 0.402. The van der Waals surface area contributed by atoms with E-state index in [-0.39, 0.29) is 17.8 Å². The molecule has 0 amide bonds. The molecule has 0 spiro atoms. The van der Waals surface area contributed by atoms with Gasteiger partial charge in [0.25, 0.3) is 5.56 Å². The van der Waals surface area contributed by atoms with Crippen molar-refractivity contribution >= 4 is 21.6 Å². The van der Waals surface area contributed by atoms with Gasteiger partial charge in [-0.3, -0.25) is 13.9 Å². The zero-order valence-corrected chi connectivity index (χ0v) is 23.0. The minimum Gasteiger partial charge on any atom is -0.497 e. The lowest BCUT2D eigenvalue weighted by atomic mass is 9.99. The molecule has 1 saturated carbocycles. The van der Waals surface area contributed by atoms with Crippen molar-refractivity contribution < 1.29 is 9.47 Å². The quantitative estimate of drug-likeness (QED) is 0.246. The van der Waals surface area contributed by atoms with Gasteiger partial charge in [0.1, 0.15) is 16.3 Å². The molecule has 1 fully saturated rings. The molecular formula is C32H27N3O4S. The molecule has 0 N–H and O–H groups in total. The second kappa shape index (κ2) is 10.5. The van der Waals surface area contributed by atoms with Gasteiger partial charge in [0.05, 0.1) is 44.3 Å². The van der Waals surface area contributed by atoms with Gasteiger partial charge in [0.15, 0.2) is 0 Å². The first-order chi connectivity index (χ1) is 19.5. The summed E-state index contributed by atoms with van der Waals surface area (Å²) >= 11 is 1.55. The lowest BCUT2D eigenvalue weighted by molar-refractivity contribution is 0.389. The van der Waals surface area contributed by atoms with E-state index < -0.39 is 0 Å². The first kappa shape index (κ1) is 25.7. The molecule has 0 bridgehead atoms. The number of fused-ring (bicyclic) bond motifs is 1. The molecule has 1 aliphatic carbocycles.